The highest BCUT2D eigenvalue weighted by Crippen LogP contribution is 2.31. The number of nitrogens with zero attached hydrogens (tertiary/aromatic N) is 3. The van der Waals surface area contributed by atoms with Crippen molar-refractivity contribution in [2.75, 3.05) is 37.7 Å². The van der Waals surface area contributed by atoms with Crippen molar-refractivity contribution in [2.45, 2.75) is 6.92 Å². The fourth-order valence-corrected chi connectivity index (χ4v) is 4.37. The van der Waals surface area contributed by atoms with Crippen LogP contribution in [0.3, 0.4) is 0 Å². The predicted octanol–water partition coefficient (Wildman–Crippen LogP) is 5.54. The van der Waals surface area contributed by atoms with E-state index in [1.54, 1.807) is 30.3 Å². The summed E-state index contributed by atoms with van der Waals surface area (Å²) in [5, 5.41) is 0.758. The highest BCUT2D eigenvalue weighted by atomic mass is 19.1. The van der Waals surface area contributed by atoms with Crippen molar-refractivity contribution < 1.29 is 18.3 Å². The molecule has 1 fully saturated rings. The lowest BCUT2D eigenvalue weighted by molar-refractivity contribution is 0.0747. The summed E-state index contributed by atoms with van der Waals surface area (Å²) in [7, 11) is 0. The first-order valence-corrected chi connectivity index (χ1v) is 11.6. The van der Waals surface area contributed by atoms with Gasteiger partial charge in [-0.1, -0.05) is 0 Å². The molecule has 0 radical (unpaired) electrons. The van der Waals surface area contributed by atoms with E-state index in [4.69, 9.17) is 9.72 Å². The topological polar surface area (TPSA) is 45.7 Å². The highest BCUT2D eigenvalue weighted by molar-refractivity contribution is 6.00. The predicted molar refractivity (Wildman–Crippen MR) is 133 cm³/mol. The molecular formula is C28H25F2N3O2. The zero-order valence-corrected chi connectivity index (χ0v) is 19.4. The molecule has 7 heteroatoms. The Morgan fingerprint density at radius 2 is 1.54 bits per heavy atom. The lowest BCUT2D eigenvalue weighted by Gasteiger charge is -2.36. The SMILES string of the molecule is CCOc1cc(-c2ccc(F)cc2)nc2ccc(C(=O)N3CCN(c4ccc(F)cc4)CC3)cc12. The molecule has 0 aliphatic carbocycles. The van der Waals surface area contributed by atoms with Crippen LogP contribution in [0.25, 0.3) is 22.2 Å². The second-order valence-corrected chi connectivity index (χ2v) is 8.43. The van der Waals surface area contributed by atoms with Crippen molar-refractivity contribution in [3.05, 3.63) is 90.0 Å². The molecule has 1 aliphatic heterocycles. The summed E-state index contributed by atoms with van der Waals surface area (Å²) in [5.74, 6) is 0.0223. The van der Waals surface area contributed by atoms with E-state index in [0.29, 0.717) is 55.3 Å². The van der Waals surface area contributed by atoms with Crippen LogP contribution in [0.5, 0.6) is 5.75 Å². The second-order valence-electron chi connectivity index (χ2n) is 8.43. The molecule has 1 saturated heterocycles. The largest absolute Gasteiger partial charge is 0.493 e. The molecule has 1 aromatic heterocycles. The fraction of sp³-hybridized carbons (Fsp3) is 0.214. The molecule has 0 unspecified atom stereocenters. The van der Waals surface area contributed by atoms with Crippen LogP contribution in [-0.2, 0) is 0 Å². The molecule has 0 bridgehead atoms. The number of fused-ring (bicyclic) bond motifs is 1. The number of pyridine rings is 1. The minimum absolute atomic E-state index is 0.0456. The average molecular weight is 474 g/mol. The zero-order chi connectivity index (χ0) is 24.4. The van der Waals surface area contributed by atoms with Crippen molar-refractivity contribution in [3.8, 4) is 17.0 Å². The highest BCUT2D eigenvalue weighted by Gasteiger charge is 2.23. The number of amides is 1. The molecule has 0 N–H and O–H groups in total. The molecule has 35 heavy (non-hydrogen) atoms. The van der Waals surface area contributed by atoms with E-state index in [9.17, 15) is 13.6 Å². The van der Waals surface area contributed by atoms with Crippen LogP contribution in [-0.4, -0.2) is 48.6 Å². The van der Waals surface area contributed by atoms with Crippen LogP contribution < -0.4 is 9.64 Å². The van der Waals surface area contributed by atoms with E-state index in [0.717, 1.165) is 16.6 Å². The molecule has 1 aliphatic rings. The number of aromatic nitrogens is 1. The van der Waals surface area contributed by atoms with E-state index >= 15 is 0 Å². The van der Waals surface area contributed by atoms with Crippen LogP contribution in [0.2, 0.25) is 0 Å². The van der Waals surface area contributed by atoms with Gasteiger partial charge in [-0.15, -0.1) is 0 Å². The molecule has 3 aromatic carbocycles. The van der Waals surface area contributed by atoms with Crippen LogP contribution >= 0.6 is 0 Å². The molecule has 1 amide bonds. The zero-order valence-electron chi connectivity index (χ0n) is 19.4. The van der Waals surface area contributed by atoms with Gasteiger partial charge in [0.25, 0.3) is 5.91 Å². The average Bonchev–Trinajstić information content (AvgIpc) is 2.89. The fourth-order valence-electron chi connectivity index (χ4n) is 4.37. The van der Waals surface area contributed by atoms with Crippen molar-refractivity contribution in [2.24, 2.45) is 0 Å². The van der Waals surface area contributed by atoms with Crippen molar-refractivity contribution in [3.63, 3.8) is 0 Å². The molecule has 0 saturated carbocycles. The summed E-state index contributed by atoms with van der Waals surface area (Å²) in [6, 6.07) is 19.9. The Kier molecular flexibility index (Phi) is 6.31. The van der Waals surface area contributed by atoms with Gasteiger partial charge < -0.3 is 14.5 Å². The number of carbonyl (C=O) groups excluding carboxylic acids is 1. The number of benzene rings is 3. The molecule has 5 nitrogen and oxygen atoms in total. The molecule has 2 heterocycles. The van der Waals surface area contributed by atoms with E-state index in [-0.39, 0.29) is 17.5 Å². The standard InChI is InChI=1S/C28H25F2N3O2/c1-2-35-27-18-26(19-3-6-21(29)7-4-19)31-25-12-5-20(17-24(25)27)28(34)33-15-13-32(14-16-33)23-10-8-22(30)9-11-23/h3-12,17-18H,2,13-16H2,1H3. The van der Waals surface area contributed by atoms with E-state index in [1.165, 1.54) is 24.3 Å². The van der Waals surface area contributed by atoms with Gasteiger partial charge in [0, 0.05) is 54.4 Å². The Morgan fingerprint density at radius 3 is 2.20 bits per heavy atom. The third-order valence-corrected chi connectivity index (χ3v) is 6.22. The number of piperazine rings is 1. The molecular weight excluding hydrogens is 448 g/mol. The Bertz CT molecular complexity index is 1350. The van der Waals surface area contributed by atoms with Crippen LogP contribution in [0.1, 0.15) is 17.3 Å². The van der Waals surface area contributed by atoms with Crippen LogP contribution in [0.4, 0.5) is 14.5 Å². The maximum Gasteiger partial charge on any atom is 0.254 e. The van der Waals surface area contributed by atoms with E-state index < -0.39 is 0 Å². The maximum atomic E-state index is 13.4. The third-order valence-electron chi connectivity index (χ3n) is 6.22. The maximum absolute atomic E-state index is 13.4. The van der Waals surface area contributed by atoms with Gasteiger partial charge in [0.1, 0.15) is 17.4 Å². The summed E-state index contributed by atoms with van der Waals surface area (Å²) in [6.07, 6.45) is 0. The van der Waals surface area contributed by atoms with Crippen LogP contribution in [0, 0.1) is 11.6 Å². The summed E-state index contributed by atoms with van der Waals surface area (Å²) < 4.78 is 32.5. The Labute approximate surface area is 202 Å². The Balaban J connectivity index is 1.38. The second kappa shape index (κ2) is 9.70. The molecule has 178 valence electrons. The lowest BCUT2D eigenvalue weighted by Crippen LogP contribution is -2.48. The smallest absolute Gasteiger partial charge is 0.254 e. The van der Waals surface area contributed by atoms with Gasteiger partial charge >= 0.3 is 0 Å². The minimum atomic E-state index is -0.304. The van der Waals surface area contributed by atoms with Crippen LogP contribution in [0.15, 0.2) is 72.8 Å². The van der Waals surface area contributed by atoms with Gasteiger partial charge in [0.15, 0.2) is 0 Å². The quantitative estimate of drug-likeness (QED) is 0.382. The molecule has 0 spiro atoms. The number of carbonyl (C=O) groups is 1. The monoisotopic (exact) mass is 473 g/mol. The number of hydrogen-bond donors (Lipinski definition) is 0. The summed E-state index contributed by atoms with van der Waals surface area (Å²) in [5.41, 5.74) is 3.69. The normalized spacial score (nSPS) is 13.8. The summed E-state index contributed by atoms with van der Waals surface area (Å²) >= 11 is 0. The van der Waals surface area contributed by atoms with Crippen molar-refractivity contribution in [1.82, 2.24) is 9.88 Å². The molecule has 4 aromatic rings. The first-order chi connectivity index (χ1) is 17.0. The Hall–Kier alpha value is -4.00. The molecule has 5 rings (SSSR count). The lowest BCUT2D eigenvalue weighted by atomic mass is 10.1. The third kappa shape index (κ3) is 4.80. The van der Waals surface area contributed by atoms with Gasteiger partial charge in [-0.2, -0.15) is 0 Å². The van der Waals surface area contributed by atoms with E-state index in [2.05, 4.69) is 4.90 Å². The minimum Gasteiger partial charge on any atom is -0.493 e. The van der Waals surface area contributed by atoms with Crippen molar-refractivity contribution in [1.29, 1.82) is 0 Å². The van der Waals surface area contributed by atoms with Crippen molar-refractivity contribution >= 4 is 22.5 Å². The number of rotatable bonds is 5. The number of halogens is 2. The van der Waals surface area contributed by atoms with Gasteiger partial charge in [0.2, 0.25) is 0 Å². The number of ether oxygens (including phenoxy) is 1. The summed E-state index contributed by atoms with van der Waals surface area (Å²) in [6.45, 7) is 4.88. The van der Waals surface area contributed by atoms with Gasteiger partial charge in [-0.05, 0) is 73.7 Å². The first-order valence-electron chi connectivity index (χ1n) is 11.6. The molecule has 0 atom stereocenters. The number of hydrogen-bond acceptors (Lipinski definition) is 4. The van der Waals surface area contributed by atoms with Gasteiger partial charge in [0.05, 0.1) is 17.8 Å². The van der Waals surface area contributed by atoms with E-state index in [1.807, 2.05) is 30.0 Å². The number of anilines is 1. The summed E-state index contributed by atoms with van der Waals surface area (Å²) in [4.78, 5) is 22.0. The van der Waals surface area contributed by atoms with Gasteiger partial charge in [-0.3, -0.25) is 4.79 Å². The van der Waals surface area contributed by atoms with Gasteiger partial charge in [-0.25, -0.2) is 13.8 Å². The Morgan fingerprint density at radius 1 is 0.886 bits per heavy atom. The first kappa shape index (κ1) is 22.8.